The summed E-state index contributed by atoms with van der Waals surface area (Å²) < 4.78 is 30.3. The van der Waals surface area contributed by atoms with Crippen molar-refractivity contribution in [1.29, 1.82) is 0 Å². The van der Waals surface area contributed by atoms with Gasteiger partial charge in [-0.2, -0.15) is 0 Å². The van der Waals surface area contributed by atoms with Crippen LogP contribution in [0.1, 0.15) is 10.7 Å². The molecule has 0 amide bonds. The van der Waals surface area contributed by atoms with Crippen LogP contribution in [0.25, 0.3) is 0 Å². The SMILES string of the molecule is COc1ccc(C(Cl)P(=O)(O[Si](C)(C)C)O[Si](C)(C)C)cc1. The zero-order valence-electron chi connectivity index (χ0n) is 14.3. The molecule has 0 aromatic heterocycles. The molecule has 1 aromatic rings. The number of alkyl halides is 1. The van der Waals surface area contributed by atoms with Crippen molar-refractivity contribution in [3.8, 4) is 5.75 Å². The number of hydrogen-bond donors (Lipinski definition) is 0. The van der Waals surface area contributed by atoms with Crippen LogP contribution in [-0.2, 0) is 13.0 Å². The van der Waals surface area contributed by atoms with Crippen molar-refractivity contribution in [1.82, 2.24) is 0 Å². The van der Waals surface area contributed by atoms with Crippen molar-refractivity contribution in [2.45, 2.75) is 44.4 Å². The van der Waals surface area contributed by atoms with Crippen molar-refractivity contribution in [2.75, 3.05) is 7.11 Å². The Morgan fingerprint density at radius 2 is 1.36 bits per heavy atom. The van der Waals surface area contributed by atoms with Gasteiger partial charge in [-0.25, -0.2) is 0 Å². The fourth-order valence-electron chi connectivity index (χ4n) is 1.82. The van der Waals surface area contributed by atoms with Crippen LogP contribution in [0.3, 0.4) is 0 Å². The third kappa shape index (κ3) is 6.18. The number of halogens is 1. The maximum atomic E-state index is 13.4. The Bertz CT molecular complexity index is 517. The van der Waals surface area contributed by atoms with Crippen LogP contribution in [0.5, 0.6) is 5.75 Å². The minimum Gasteiger partial charge on any atom is -0.497 e. The monoisotopic (exact) mass is 380 g/mol. The van der Waals surface area contributed by atoms with Gasteiger partial charge in [-0.3, -0.25) is 4.57 Å². The standard InChI is InChI=1S/C14H26ClO4PSi2/c1-17-13-10-8-12(9-11-13)14(15)20(16,18-21(2,3)4)19-22(5,6)7/h8-11,14H,1-7H3. The average Bonchev–Trinajstić information content (AvgIpc) is 2.33. The summed E-state index contributed by atoms with van der Waals surface area (Å²) in [4.78, 5) is 0. The van der Waals surface area contributed by atoms with E-state index in [1.807, 2.05) is 39.3 Å². The van der Waals surface area contributed by atoms with E-state index in [1.165, 1.54) is 0 Å². The fourth-order valence-corrected chi connectivity index (χ4v) is 10.6. The third-order valence-corrected chi connectivity index (χ3v) is 10.7. The van der Waals surface area contributed by atoms with E-state index in [0.29, 0.717) is 5.56 Å². The normalized spacial score (nSPS) is 14.7. The van der Waals surface area contributed by atoms with Crippen molar-refractivity contribution in [3.05, 3.63) is 29.8 Å². The first-order chi connectivity index (χ1) is 9.86. The lowest BCUT2D eigenvalue weighted by molar-refractivity contribution is 0.379. The van der Waals surface area contributed by atoms with E-state index in [2.05, 4.69) is 0 Å². The fraction of sp³-hybridized carbons (Fsp3) is 0.571. The largest absolute Gasteiger partial charge is 0.497 e. The van der Waals surface area contributed by atoms with E-state index in [0.717, 1.165) is 5.75 Å². The third-order valence-electron chi connectivity index (χ3n) is 2.47. The molecule has 0 spiro atoms. The Hall–Kier alpha value is -0.106. The van der Waals surface area contributed by atoms with Gasteiger partial charge in [0.25, 0.3) is 0 Å². The molecular formula is C14H26ClO4PSi2. The highest BCUT2D eigenvalue weighted by atomic mass is 35.5. The molecule has 0 heterocycles. The first-order valence-corrected chi connectivity index (χ1v) is 16.0. The maximum absolute atomic E-state index is 13.4. The molecule has 1 rings (SSSR count). The molecule has 0 fully saturated rings. The van der Waals surface area contributed by atoms with E-state index in [9.17, 15) is 4.57 Å². The van der Waals surface area contributed by atoms with Crippen molar-refractivity contribution >= 4 is 35.8 Å². The molecule has 1 unspecified atom stereocenters. The van der Waals surface area contributed by atoms with Gasteiger partial charge in [0, 0.05) is 0 Å². The predicted molar refractivity (Wildman–Crippen MR) is 98.1 cm³/mol. The molecule has 1 aromatic carbocycles. The van der Waals surface area contributed by atoms with Gasteiger partial charge in [-0.15, -0.1) is 11.6 Å². The van der Waals surface area contributed by atoms with Gasteiger partial charge in [0.05, 0.1) is 7.11 Å². The molecule has 0 aliphatic carbocycles. The molecule has 0 saturated heterocycles. The second-order valence-corrected chi connectivity index (χ2v) is 19.3. The molecule has 0 N–H and O–H groups in total. The first kappa shape index (κ1) is 19.9. The smallest absolute Gasteiger partial charge is 0.333 e. The summed E-state index contributed by atoms with van der Waals surface area (Å²) in [7, 11) is -6.01. The Balaban J connectivity index is 3.15. The highest BCUT2D eigenvalue weighted by Gasteiger charge is 2.43. The van der Waals surface area contributed by atoms with E-state index in [-0.39, 0.29) is 0 Å². The first-order valence-electron chi connectivity index (χ1n) is 7.15. The molecule has 4 nitrogen and oxygen atoms in total. The van der Waals surface area contributed by atoms with Crippen LogP contribution in [0.15, 0.2) is 24.3 Å². The second kappa shape index (κ2) is 7.20. The second-order valence-electron chi connectivity index (χ2n) is 7.06. The molecule has 0 aliphatic rings. The van der Waals surface area contributed by atoms with Crippen LogP contribution in [0.2, 0.25) is 39.3 Å². The molecular weight excluding hydrogens is 355 g/mol. The molecule has 1 atom stereocenters. The van der Waals surface area contributed by atoms with Gasteiger partial charge in [-0.05, 0) is 57.0 Å². The highest BCUT2D eigenvalue weighted by molar-refractivity contribution is 7.59. The number of benzene rings is 1. The van der Waals surface area contributed by atoms with Gasteiger partial charge < -0.3 is 13.2 Å². The molecule has 8 heteroatoms. The molecule has 22 heavy (non-hydrogen) atoms. The number of methoxy groups -OCH3 is 1. The Morgan fingerprint density at radius 3 is 1.68 bits per heavy atom. The topological polar surface area (TPSA) is 44.8 Å². The Labute approximate surface area is 140 Å². The van der Waals surface area contributed by atoms with Gasteiger partial charge >= 0.3 is 7.60 Å². The minimum atomic E-state index is -3.45. The highest BCUT2D eigenvalue weighted by Crippen LogP contribution is 2.65. The van der Waals surface area contributed by atoms with E-state index < -0.39 is 29.3 Å². The van der Waals surface area contributed by atoms with Crippen LogP contribution >= 0.6 is 19.2 Å². The Kier molecular flexibility index (Phi) is 6.52. The summed E-state index contributed by atoms with van der Waals surface area (Å²) in [6, 6.07) is 7.17. The van der Waals surface area contributed by atoms with E-state index in [1.54, 1.807) is 31.4 Å². The van der Waals surface area contributed by atoms with Crippen LogP contribution < -0.4 is 4.74 Å². The minimum absolute atomic E-state index is 0.710. The summed E-state index contributed by atoms with van der Waals surface area (Å²) in [5.74, 6) is 0.722. The van der Waals surface area contributed by atoms with Crippen LogP contribution in [-0.4, -0.2) is 23.7 Å². The zero-order valence-corrected chi connectivity index (χ0v) is 18.0. The van der Waals surface area contributed by atoms with E-state index >= 15 is 0 Å². The van der Waals surface area contributed by atoms with Gasteiger partial charge in [0.15, 0.2) is 21.8 Å². The van der Waals surface area contributed by atoms with E-state index in [4.69, 9.17) is 24.8 Å². The molecule has 0 bridgehead atoms. The van der Waals surface area contributed by atoms with Gasteiger partial charge in [0.1, 0.15) is 5.75 Å². The van der Waals surface area contributed by atoms with Crippen molar-refractivity contribution in [3.63, 3.8) is 0 Å². The lowest BCUT2D eigenvalue weighted by Crippen LogP contribution is -2.30. The number of rotatable bonds is 7. The van der Waals surface area contributed by atoms with Crippen LogP contribution in [0, 0.1) is 0 Å². The summed E-state index contributed by atoms with van der Waals surface area (Å²) in [5.41, 5.74) is 0.710. The molecule has 0 saturated carbocycles. The van der Waals surface area contributed by atoms with Gasteiger partial charge in [-0.1, -0.05) is 12.1 Å². The lowest BCUT2D eigenvalue weighted by atomic mass is 10.2. The molecule has 0 aliphatic heterocycles. The summed E-state index contributed by atoms with van der Waals surface area (Å²) in [6.45, 7) is 11.9. The average molecular weight is 381 g/mol. The number of ether oxygens (including phenoxy) is 1. The maximum Gasteiger partial charge on any atom is 0.333 e. The van der Waals surface area contributed by atoms with Gasteiger partial charge in [0.2, 0.25) is 0 Å². The Morgan fingerprint density at radius 1 is 0.955 bits per heavy atom. The molecule has 126 valence electrons. The zero-order chi connectivity index (χ0) is 17.2. The number of hydrogen-bond acceptors (Lipinski definition) is 4. The van der Waals surface area contributed by atoms with Crippen molar-refractivity contribution < 1.29 is 17.7 Å². The summed E-state index contributed by atoms with van der Waals surface area (Å²) in [5, 5.41) is -0.822. The molecule has 0 radical (unpaired) electrons. The summed E-state index contributed by atoms with van der Waals surface area (Å²) in [6.07, 6.45) is 0. The van der Waals surface area contributed by atoms with Crippen LogP contribution in [0.4, 0.5) is 0 Å². The lowest BCUT2D eigenvalue weighted by Gasteiger charge is -2.33. The predicted octanol–water partition coefficient (Wildman–Crippen LogP) is 5.83. The van der Waals surface area contributed by atoms with Crippen molar-refractivity contribution in [2.24, 2.45) is 0 Å². The quantitative estimate of drug-likeness (QED) is 0.339. The summed E-state index contributed by atoms with van der Waals surface area (Å²) >= 11 is 6.51.